The van der Waals surface area contributed by atoms with Crippen LogP contribution in [0.4, 0.5) is 13.2 Å². The van der Waals surface area contributed by atoms with Gasteiger partial charge in [-0.05, 0) is 60.2 Å². The second-order valence-electron chi connectivity index (χ2n) is 7.81. The molecule has 0 unspecified atom stereocenters. The molecule has 0 fully saturated rings. The standard InChI is InChI=1S/C26H16ClF3N4/c1-26(29,30)24-6-2-5-22(33-24)16-10-15(13-31-14-16)19-12-23(20-11-17(27)7-8-21(20)28)34-25-18(19)4-3-9-32-25/h2-14H,1H3. The van der Waals surface area contributed by atoms with Crippen molar-refractivity contribution in [2.45, 2.75) is 12.8 Å². The number of halogens is 4. The zero-order valence-electron chi connectivity index (χ0n) is 17.8. The first-order valence-corrected chi connectivity index (χ1v) is 10.7. The van der Waals surface area contributed by atoms with Crippen LogP contribution in [0.3, 0.4) is 0 Å². The van der Waals surface area contributed by atoms with Gasteiger partial charge in [0.1, 0.15) is 11.5 Å². The second-order valence-corrected chi connectivity index (χ2v) is 8.25. The van der Waals surface area contributed by atoms with Gasteiger partial charge in [-0.25, -0.2) is 19.3 Å². The minimum absolute atomic E-state index is 0.241. The molecule has 0 aliphatic heterocycles. The van der Waals surface area contributed by atoms with Crippen molar-refractivity contribution in [2.75, 3.05) is 0 Å². The Labute approximate surface area is 198 Å². The smallest absolute Gasteiger partial charge is 0.263 e. The summed E-state index contributed by atoms with van der Waals surface area (Å²) in [6.45, 7) is 0.806. The van der Waals surface area contributed by atoms with E-state index >= 15 is 0 Å². The molecule has 0 spiro atoms. The zero-order valence-corrected chi connectivity index (χ0v) is 18.6. The molecule has 0 radical (unpaired) electrons. The van der Waals surface area contributed by atoms with Gasteiger partial charge in [0.2, 0.25) is 0 Å². The van der Waals surface area contributed by atoms with Crippen molar-refractivity contribution in [2.24, 2.45) is 0 Å². The van der Waals surface area contributed by atoms with E-state index in [1.165, 1.54) is 30.3 Å². The molecule has 4 nitrogen and oxygen atoms in total. The lowest BCUT2D eigenvalue weighted by atomic mass is 9.99. The van der Waals surface area contributed by atoms with E-state index in [9.17, 15) is 13.2 Å². The maximum atomic E-state index is 14.6. The van der Waals surface area contributed by atoms with Gasteiger partial charge in [0.15, 0.2) is 5.65 Å². The highest BCUT2D eigenvalue weighted by molar-refractivity contribution is 6.30. The number of nitrogens with zero attached hydrogens (tertiary/aromatic N) is 4. The van der Waals surface area contributed by atoms with Crippen LogP contribution in [-0.2, 0) is 5.92 Å². The molecule has 0 amide bonds. The van der Waals surface area contributed by atoms with Gasteiger partial charge < -0.3 is 0 Å². The highest BCUT2D eigenvalue weighted by atomic mass is 35.5. The monoisotopic (exact) mass is 476 g/mol. The number of benzene rings is 1. The molecule has 4 heterocycles. The third kappa shape index (κ3) is 4.22. The molecule has 168 valence electrons. The molecule has 4 aromatic heterocycles. The van der Waals surface area contributed by atoms with E-state index in [0.29, 0.717) is 38.7 Å². The van der Waals surface area contributed by atoms with Crippen molar-refractivity contribution < 1.29 is 13.2 Å². The minimum atomic E-state index is -3.07. The van der Waals surface area contributed by atoms with Crippen LogP contribution in [0.15, 0.2) is 79.3 Å². The number of aromatic nitrogens is 4. The lowest BCUT2D eigenvalue weighted by Gasteiger charge is -2.13. The summed E-state index contributed by atoms with van der Waals surface area (Å²) in [6.07, 6.45) is 4.80. The molecule has 1 aromatic carbocycles. The molecule has 0 saturated heterocycles. The first-order valence-electron chi connectivity index (χ1n) is 10.3. The lowest BCUT2D eigenvalue weighted by molar-refractivity contribution is 0.0129. The SMILES string of the molecule is CC(F)(F)c1cccc(-c2cncc(-c3cc(-c4cc(Cl)ccc4F)nc4ncccc34)c2)n1. The Hall–Kier alpha value is -3.84. The van der Waals surface area contributed by atoms with E-state index in [0.717, 1.165) is 12.3 Å². The first-order chi connectivity index (χ1) is 16.3. The van der Waals surface area contributed by atoms with Gasteiger partial charge in [-0.2, -0.15) is 8.78 Å². The number of alkyl halides is 2. The maximum Gasteiger partial charge on any atom is 0.286 e. The van der Waals surface area contributed by atoms with Crippen LogP contribution < -0.4 is 0 Å². The number of hydrogen-bond donors (Lipinski definition) is 0. The van der Waals surface area contributed by atoms with Gasteiger partial charge in [0.05, 0.1) is 11.4 Å². The molecule has 5 rings (SSSR count). The third-order valence-electron chi connectivity index (χ3n) is 5.33. The fourth-order valence-electron chi connectivity index (χ4n) is 3.70. The minimum Gasteiger partial charge on any atom is -0.263 e. The Balaban J connectivity index is 1.69. The van der Waals surface area contributed by atoms with Crippen molar-refractivity contribution in [3.8, 4) is 33.6 Å². The van der Waals surface area contributed by atoms with E-state index in [-0.39, 0.29) is 11.3 Å². The van der Waals surface area contributed by atoms with E-state index in [2.05, 4.69) is 19.9 Å². The summed E-state index contributed by atoms with van der Waals surface area (Å²) < 4.78 is 42.2. The fourth-order valence-corrected chi connectivity index (χ4v) is 3.87. The number of fused-ring (bicyclic) bond motifs is 1. The van der Waals surface area contributed by atoms with Crippen LogP contribution in [0.5, 0.6) is 0 Å². The highest BCUT2D eigenvalue weighted by Gasteiger charge is 2.26. The summed E-state index contributed by atoms with van der Waals surface area (Å²) in [7, 11) is 0. The first kappa shape index (κ1) is 22.0. The topological polar surface area (TPSA) is 51.6 Å². The Morgan fingerprint density at radius 2 is 1.65 bits per heavy atom. The summed E-state index contributed by atoms with van der Waals surface area (Å²) in [5.41, 5.74) is 3.01. The van der Waals surface area contributed by atoms with Gasteiger partial charge in [0.25, 0.3) is 5.92 Å². The predicted molar refractivity (Wildman–Crippen MR) is 126 cm³/mol. The average molecular weight is 477 g/mol. The largest absolute Gasteiger partial charge is 0.286 e. The molecule has 0 aliphatic carbocycles. The Morgan fingerprint density at radius 3 is 2.47 bits per heavy atom. The van der Waals surface area contributed by atoms with Crippen LogP contribution in [0.25, 0.3) is 44.7 Å². The second kappa shape index (κ2) is 8.50. The van der Waals surface area contributed by atoms with Crippen molar-refractivity contribution in [1.29, 1.82) is 0 Å². The molecule has 0 N–H and O–H groups in total. The van der Waals surface area contributed by atoms with E-state index in [4.69, 9.17) is 11.6 Å². The normalized spacial score (nSPS) is 11.7. The van der Waals surface area contributed by atoms with Gasteiger partial charge in [-0.3, -0.25) is 4.98 Å². The highest BCUT2D eigenvalue weighted by Crippen LogP contribution is 2.35. The Kier molecular flexibility index (Phi) is 5.49. The quantitative estimate of drug-likeness (QED) is 0.272. The molecule has 0 bridgehead atoms. The maximum absolute atomic E-state index is 14.6. The van der Waals surface area contributed by atoms with Gasteiger partial charge in [0, 0.05) is 52.6 Å². The average Bonchev–Trinajstić information content (AvgIpc) is 2.84. The van der Waals surface area contributed by atoms with Crippen LogP contribution in [-0.4, -0.2) is 19.9 Å². The summed E-state index contributed by atoms with van der Waals surface area (Å²) in [5, 5.41) is 1.11. The summed E-state index contributed by atoms with van der Waals surface area (Å²) >= 11 is 6.09. The summed E-state index contributed by atoms with van der Waals surface area (Å²) in [6, 6.07) is 15.9. The summed E-state index contributed by atoms with van der Waals surface area (Å²) in [4.78, 5) is 17.3. The van der Waals surface area contributed by atoms with Gasteiger partial charge >= 0.3 is 0 Å². The van der Waals surface area contributed by atoms with E-state index in [1.54, 1.807) is 42.9 Å². The van der Waals surface area contributed by atoms with Gasteiger partial charge in [-0.1, -0.05) is 17.7 Å². The molecule has 0 aliphatic rings. The molecule has 0 saturated carbocycles. The van der Waals surface area contributed by atoms with Crippen molar-refractivity contribution in [3.63, 3.8) is 0 Å². The van der Waals surface area contributed by atoms with Gasteiger partial charge in [-0.15, -0.1) is 0 Å². The fraction of sp³-hybridized carbons (Fsp3) is 0.0769. The number of rotatable bonds is 4. The third-order valence-corrected chi connectivity index (χ3v) is 5.57. The predicted octanol–water partition coefficient (Wildman–Crippen LogP) is 7.33. The molecule has 5 aromatic rings. The Morgan fingerprint density at radius 1 is 0.824 bits per heavy atom. The van der Waals surface area contributed by atoms with Crippen LogP contribution in [0, 0.1) is 5.82 Å². The number of hydrogen-bond acceptors (Lipinski definition) is 4. The van der Waals surface area contributed by atoms with Crippen LogP contribution in [0.2, 0.25) is 5.02 Å². The van der Waals surface area contributed by atoms with Crippen LogP contribution >= 0.6 is 11.6 Å². The summed E-state index contributed by atoms with van der Waals surface area (Å²) in [5.74, 6) is -3.53. The molecule has 34 heavy (non-hydrogen) atoms. The van der Waals surface area contributed by atoms with E-state index in [1.807, 2.05) is 6.07 Å². The van der Waals surface area contributed by atoms with Crippen LogP contribution in [0.1, 0.15) is 12.6 Å². The molecule has 8 heteroatoms. The van der Waals surface area contributed by atoms with Crippen molar-refractivity contribution in [1.82, 2.24) is 19.9 Å². The zero-order chi connectivity index (χ0) is 23.9. The lowest BCUT2D eigenvalue weighted by Crippen LogP contribution is -2.09. The molecular weight excluding hydrogens is 461 g/mol. The number of pyridine rings is 4. The molecular formula is C26H16ClF3N4. The Bertz CT molecular complexity index is 1530. The van der Waals surface area contributed by atoms with Crippen molar-refractivity contribution >= 4 is 22.6 Å². The van der Waals surface area contributed by atoms with E-state index < -0.39 is 11.7 Å². The molecule has 0 atom stereocenters. The van der Waals surface area contributed by atoms with Crippen molar-refractivity contribution in [3.05, 3.63) is 95.8 Å².